The Morgan fingerprint density at radius 1 is 1.10 bits per heavy atom. The second kappa shape index (κ2) is 7.27. The largest absolute Gasteiger partial charge is 0.496 e. The van der Waals surface area contributed by atoms with Crippen molar-refractivity contribution >= 4 is 10.8 Å². The lowest BCUT2D eigenvalue weighted by atomic mass is 10.0. The van der Waals surface area contributed by atoms with E-state index in [4.69, 9.17) is 4.74 Å². The summed E-state index contributed by atoms with van der Waals surface area (Å²) in [6.45, 7) is 3.13. The summed E-state index contributed by atoms with van der Waals surface area (Å²) in [5, 5.41) is 5.66. The lowest BCUT2D eigenvalue weighted by Gasteiger charge is -2.18. The van der Waals surface area contributed by atoms with Gasteiger partial charge in [-0.1, -0.05) is 30.3 Å². The molecule has 0 spiro atoms. The fourth-order valence-corrected chi connectivity index (χ4v) is 2.55. The van der Waals surface area contributed by atoms with Gasteiger partial charge in [-0.2, -0.15) is 0 Å². The molecule has 0 saturated carbocycles. The van der Waals surface area contributed by atoms with E-state index in [1.165, 1.54) is 22.8 Å². The maximum Gasteiger partial charge on any atom is 0.126 e. The number of methoxy groups -OCH3 is 1. The Kier molecular flexibility index (Phi) is 5.39. The molecule has 0 heterocycles. The quantitative estimate of drug-likeness (QED) is 0.784. The molecule has 0 amide bonds. The van der Waals surface area contributed by atoms with E-state index in [0.29, 0.717) is 0 Å². The molecule has 0 atom stereocenters. The first-order chi connectivity index (χ1) is 9.76. The molecule has 2 aromatic carbocycles. The summed E-state index contributed by atoms with van der Waals surface area (Å²) < 4.78 is 5.45. The SMILES string of the molecule is CNCCCN(C)Cc1ccc(OC)c2ccccc12. The second-order valence-corrected chi connectivity index (χ2v) is 5.17. The second-order valence-electron chi connectivity index (χ2n) is 5.17. The molecule has 0 aliphatic heterocycles. The number of ether oxygens (including phenoxy) is 1. The number of fused-ring (bicyclic) bond motifs is 1. The maximum absolute atomic E-state index is 5.45. The summed E-state index contributed by atoms with van der Waals surface area (Å²) in [5.41, 5.74) is 1.35. The highest BCUT2D eigenvalue weighted by molar-refractivity contribution is 5.91. The molecule has 0 aliphatic carbocycles. The summed E-state index contributed by atoms with van der Waals surface area (Å²) in [5.74, 6) is 0.946. The topological polar surface area (TPSA) is 24.5 Å². The number of rotatable bonds is 7. The highest BCUT2D eigenvalue weighted by Crippen LogP contribution is 2.28. The van der Waals surface area contributed by atoms with Crippen molar-refractivity contribution in [2.75, 3.05) is 34.3 Å². The van der Waals surface area contributed by atoms with Crippen LogP contribution in [0.1, 0.15) is 12.0 Å². The molecule has 0 fully saturated rings. The fraction of sp³-hybridized carbons (Fsp3) is 0.412. The van der Waals surface area contributed by atoms with Gasteiger partial charge in [-0.3, -0.25) is 0 Å². The Labute approximate surface area is 121 Å². The van der Waals surface area contributed by atoms with Gasteiger partial charge in [0.1, 0.15) is 5.75 Å². The van der Waals surface area contributed by atoms with Gasteiger partial charge in [0.25, 0.3) is 0 Å². The van der Waals surface area contributed by atoms with Crippen LogP contribution in [0.4, 0.5) is 0 Å². The van der Waals surface area contributed by atoms with E-state index in [1.807, 2.05) is 7.05 Å². The molecule has 20 heavy (non-hydrogen) atoms. The molecule has 3 heteroatoms. The minimum atomic E-state index is 0.946. The van der Waals surface area contributed by atoms with Crippen molar-refractivity contribution < 1.29 is 4.74 Å². The molecular weight excluding hydrogens is 248 g/mol. The number of hydrogen-bond donors (Lipinski definition) is 1. The predicted molar refractivity (Wildman–Crippen MR) is 85.4 cm³/mol. The molecule has 1 N–H and O–H groups in total. The van der Waals surface area contributed by atoms with Crippen molar-refractivity contribution in [3.05, 3.63) is 42.0 Å². The summed E-state index contributed by atoms with van der Waals surface area (Å²) in [6.07, 6.45) is 1.17. The molecule has 0 unspecified atom stereocenters. The Hall–Kier alpha value is -1.58. The lowest BCUT2D eigenvalue weighted by Crippen LogP contribution is -2.22. The number of hydrogen-bond acceptors (Lipinski definition) is 3. The molecule has 0 saturated heterocycles. The van der Waals surface area contributed by atoms with E-state index in [0.717, 1.165) is 25.4 Å². The van der Waals surface area contributed by atoms with Crippen LogP contribution < -0.4 is 10.1 Å². The van der Waals surface area contributed by atoms with Crippen molar-refractivity contribution in [1.29, 1.82) is 0 Å². The van der Waals surface area contributed by atoms with Crippen LogP contribution in [0, 0.1) is 0 Å². The van der Waals surface area contributed by atoms with Crippen LogP contribution >= 0.6 is 0 Å². The third-order valence-corrected chi connectivity index (χ3v) is 3.60. The Balaban J connectivity index is 2.18. The molecule has 108 valence electrons. The molecule has 2 aromatic rings. The van der Waals surface area contributed by atoms with E-state index in [2.05, 4.69) is 53.7 Å². The summed E-state index contributed by atoms with van der Waals surface area (Å²) in [6, 6.07) is 12.7. The first-order valence-electron chi connectivity index (χ1n) is 7.14. The normalized spacial score (nSPS) is 11.2. The third-order valence-electron chi connectivity index (χ3n) is 3.60. The zero-order valence-electron chi connectivity index (χ0n) is 12.6. The minimum Gasteiger partial charge on any atom is -0.496 e. The van der Waals surface area contributed by atoms with Crippen LogP contribution in [0.15, 0.2) is 36.4 Å². The van der Waals surface area contributed by atoms with Crippen LogP contribution in [0.3, 0.4) is 0 Å². The molecule has 0 radical (unpaired) electrons. The van der Waals surface area contributed by atoms with Crippen LogP contribution in [-0.2, 0) is 6.54 Å². The predicted octanol–water partition coefficient (Wildman–Crippen LogP) is 2.89. The number of benzene rings is 2. The van der Waals surface area contributed by atoms with E-state index in [1.54, 1.807) is 7.11 Å². The van der Waals surface area contributed by atoms with E-state index in [-0.39, 0.29) is 0 Å². The summed E-state index contributed by atoms with van der Waals surface area (Å²) >= 11 is 0. The molecular formula is C17H24N2O. The molecule has 2 rings (SSSR count). The first-order valence-corrected chi connectivity index (χ1v) is 7.14. The number of nitrogens with one attached hydrogen (secondary N) is 1. The van der Waals surface area contributed by atoms with Crippen molar-refractivity contribution in [2.45, 2.75) is 13.0 Å². The van der Waals surface area contributed by atoms with Gasteiger partial charge in [0.05, 0.1) is 7.11 Å². The van der Waals surface area contributed by atoms with Crippen LogP contribution in [0.5, 0.6) is 5.75 Å². The van der Waals surface area contributed by atoms with Gasteiger partial charge in [-0.15, -0.1) is 0 Å². The average molecular weight is 272 g/mol. The van der Waals surface area contributed by atoms with Crippen LogP contribution in [0.2, 0.25) is 0 Å². The average Bonchev–Trinajstić information content (AvgIpc) is 2.48. The van der Waals surface area contributed by atoms with E-state index >= 15 is 0 Å². The molecule has 0 bridgehead atoms. The lowest BCUT2D eigenvalue weighted by molar-refractivity contribution is 0.322. The van der Waals surface area contributed by atoms with Crippen LogP contribution in [0.25, 0.3) is 10.8 Å². The molecule has 3 nitrogen and oxygen atoms in total. The van der Waals surface area contributed by atoms with Gasteiger partial charge in [0, 0.05) is 11.9 Å². The van der Waals surface area contributed by atoms with Gasteiger partial charge in [0.15, 0.2) is 0 Å². The van der Waals surface area contributed by atoms with Gasteiger partial charge >= 0.3 is 0 Å². The highest BCUT2D eigenvalue weighted by Gasteiger charge is 2.07. The Morgan fingerprint density at radius 3 is 2.55 bits per heavy atom. The molecule has 0 aliphatic rings. The zero-order chi connectivity index (χ0) is 14.4. The zero-order valence-corrected chi connectivity index (χ0v) is 12.6. The van der Waals surface area contributed by atoms with E-state index in [9.17, 15) is 0 Å². The van der Waals surface area contributed by atoms with Crippen molar-refractivity contribution in [3.63, 3.8) is 0 Å². The fourth-order valence-electron chi connectivity index (χ4n) is 2.55. The standard InChI is InChI=1S/C17H24N2O/c1-18-11-6-12-19(2)13-14-9-10-17(20-3)16-8-5-4-7-15(14)16/h4-5,7-10,18H,6,11-13H2,1-3H3. The molecule has 0 aromatic heterocycles. The summed E-state index contributed by atoms with van der Waals surface area (Å²) in [4.78, 5) is 2.37. The smallest absolute Gasteiger partial charge is 0.126 e. The summed E-state index contributed by atoms with van der Waals surface area (Å²) in [7, 11) is 5.90. The van der Waals surface area contributed by atoms with Crippen molar-refractivity contribution in [2.24, 2.45) is 0 Å². The van der Waals surface area contributed by atoms with Gasteiger partial charge in [-0.05, 0) is 50.6 Å². The minimum absolute atomic E-state index is 0.946. The maximum atomic E-state index is 5.45. The number of nitrogens with zero attached hydrogens (tertiary/aromatic N) is 1. The third kappa shape index (κ3) is 3.50. The van der Waals surface area contributed by atoms with E-state index < -0.39 is 0 Å². The van der Waals surface area contributed by atoms with Gasteiger partial charge in [-0.25, -0.2) is 0 Å². The van der Waals surface area contributed by atoms with Gasteiger partial charge in [0.2, 0.25) is 0 Å². The van der Waals surface area contributed by atoms with Crippen LogP contribution in [-0.4, -0.2) is 39.2 Å². The van der Waals surface area contributed by atoms with Crippen molar-refractivity contribution in [3.8, 4) is 5.75 Å². The monoisotopic (exact) mass is 272 g/mol. The Bertz CT molecular complexity index is 554. The Morgan fingerprint density at radius 2 is 1.85 bits per heavy atom. The highest BCUT2D eigenvalue weighted by atomic mass is 16.5. The first kappa shape index (κ1) is 14.8. The van der Waals surface area contributed by atoms with Crippen molar-refractivity contribution in [1.82, 2.24) is 10.2 Å². The van der Waals surface area contributed by atoms with Gasteiger partial charge < -0.3 is 15.0 Å².